The number of carbonyl (C=O) groups excluding carboxylic acids is 1. The molecule has 1 amide bonds. The predicted octanol–water partition coefficient (Wildman–Crippen LogP) is 3.31. The maximum absolute atomic E-state index is 12.3. The van der Waals surface area contributed by atoms with E-state index in [1.165, 1.54) is 11.1 Å². The Morgan fingerprint density at radius 3 is 2.35 bits per heavy atom. The van der Waals surface area contributed by atoms with Gasteiger partial charge in [0.2, 0.25) is 5.91 Å². The fourth-order valence-electron chi connectivity index (χ4n) is 2.85. The van der Waals surface area contributed by atoms with Crippen LogP contribution in [0.3, 0.4) is 0 Å². The molecule has 0 radical (unpaired) electrons. The molecule has 0 bridgehead atoms. The maximum atomic E-state index is 12.3. The molecule has 1 aliphatic rings. The van der Waals surface area contributed by atoms with E-state index in [0.29, 0.717) is 5.92 Å². The Morgan fingerprint density at radius 2 is 1.88 bits per heavy atom. The molecule has 0 saturated carbocycles. The number of amides is 1. The molecule has 1 fully saturated rings. The number of para-hydroxylation sites is 1. The monoisotopic (exact) mass is 231 g/mol. The summed E-state index contributed by atoms with van der Waals surface area (Å²) in [4.78, 5) is 14.3. The van der Waals surface area contributed by atoms with Gasteiger partial charge in [0, 0.05) is 18.2 Å². The van der Waals surface area contributed by atoms with E-state index in [1.54, 1.807) is 0 Å². The Balaban J connectivity index is 2.39. The number of anilines is 1. The molecule has 1 aromatic carbocycles. The molecule has 1 aliphatic heterocycles. The smallest absolute Gasteiger partial charge is 0.230 e. The second-order valence-corrected chi connectivity index (χ2v) is 5.15. The normalized spacial score (nSPS) is 24.5. The van der Waals surface area contributed by atoms with Crippen molar-refractivity contribution in [1.82, 2.24) is 0 Å². The molecular weight excluding hydrogens is 210 g/mol. The molecule has 1 aromatic rings. The average molecular weight is 231 g/mol. The van der Waals surface area contributed by atoms with E-state index in [1.807, 2.05) is 4.90 Å². The van der Waals surface area contributed by atoms with Gasteiger partial charge >= 0.3 is 0 Å². The summed E-state index contributed by atoms with van der Waals surface area (Å²) in [5.41, 5.74) is 3.52. The second kappa shape index (κ2) is 4.52. The molecule has 0 N–H and O–H groups in total. The van der Waals surface area contributed by atoms with Crippen molar-refractivity contribution < 1.29 is 4.79 Å². The van der Waals surface area contributed by atoms with Crippen LogP contribution < -0.4 is 4.90 Å². The van der Waals surface area contributed by atoms with Gasteiger partial charge in [-0.1, -0.05) is 38.5 Å². The average Bonchev–Trinajstić information content (AvgIpc) is 2.57. The van der Waals surface area contributed by atoms with Crippen LogP contribution in [-0.4, -0.2) is 12.5 Å². The van der Waals surface area contributed by atoms with Crippen molar-refractivity contribution in [1.29, 1.82) is 0 Å². The molecule has 1 saturated heterocycles. The minimum atomic E-state index is 0.166. The van der Waals surface area contributed by atoms with Crippen LogP contribution in [0.5, 0.6) is 0 Å². The predicted molar refractivity (Wildman–Crippen MR) is 71.2 cm³/mol. The fraction of sp³-hybridized carbons (Fsp3) is 0.533. The van der Waals surface area contributed by atoms with Crippen LogP contribution in [0.2, 0.25) is 0 Å². The van der Waals surface area contributed by atoms with Crippen molar-refractivity contribution in [3.63, 3.8) is 0 Å². The Labute approximate surface area is 104 Å². The zero-order chi connectivity index (χ0) is 12.6. The van der Waals surface area contributed by atoms with Crippen LogP contribution >= 0.6 is 0 Å². The van der Waals surface area contributed by atoms with E-state index in [-0.39, 0.29) is 11.8 Å². The van der Waals surface area contributed by atoms with E-state index < -0.39 is 0 Å². The quantitative estimate of drug-likeness (QED) is 0.764. The third kappa shape index (κ3) is 1.97. The van der Waals surface area contributed by atoms with Crippen molar-refractivity contribution in [3.8, 4) is 0 Å². The van der Waals surface area contributed by atoms with Gasteiger partial charge in [0.25, 0.3) is 0 Å². The minimum absolute atomic E-state index is 0.166. The molecule has 0 spiro atoms. The number of benzene rings is 1. The van der Waals surface area contributed by atoms with Crippen LogP contribution in [0, 0.1) is 25.7 Å². The van der Waals surface area contributed by atoms with Crippen molar-refractivity contribution in [2.24, 2.45) is 11.8 Å². The van der Waals surface area contributed by atoms with Gasteiger partial charge in [0.1, 0.15) is 0 Å². The highest BCUT2D eigenvalue weighted by Gasteiger charge is 2.37. The SMILES string of the molecule is CCC1CN(c2c(C)cccc2C)C(=O)C1C. The number of hydrogen-bond acceptors (Lipinski definition) is 1. The fourth-order valence-corrected chi connectivity index (χ4v) is 2.85. The van der Waals surface area contributed by atoms with Crippen LogP contribution in [0.25, 0.3) is 0 Å². The van der Waals surface area contributed by atoms with Crippen LogP contribution in [0.15, 0.2) is 18.2 Å². The van der Waals surface area contributed by atoms with E-state index in [4.69, 9.17) is 0 Å². The molecule has 2 rings (SSSR count). The largest absolute Gasteiger partial charge is 0.311 e. The van der Waals surface area contributed by atoms with Crippen molar-refractivity contribution in [2.45, 2.75) is 34.1 Å². The first kappa shape index (κ1) is 12.2. The van der Waals surface area contributed by atoms with E-state index >= 15 is 0 Å². The lowest BCUT2D eigenvalue weighted by Gasteiger charge is -2.21. The summed E-state index contributed by atoms with van der Waals surface area (Å²) in [5, 5.41) is 0. The lowest BCUT2D eigenvalue weighted by atomic mass is 9.95. The summed E-state index contributed by atoms with van der Waals surface area (Å²) < 4.78 is 0. The zero-order valence-electron chi connectivity index (χ0n) is 11.2. The highest BCUT2D eigenvalue weighted by molar-refractivity contribution is 5.98. The molecule has 0 aromatic heterocycles. The molecule has 1 heterocycles. The van der Waals surface area contributed by atoms with Crippen LogP contribution in [0.1, 0.15) is 31.4 Å². The molecular formula is C15H21NO. The second-order valence-electron chi connectivity index (χ2n) is 5.15. The van der Waals surface area contributed by atoms with Crippen LogP contribution in [-0.2, 0) is 4.79 Å². The number of aryl methyl sites for hydroxylation is 2. The molecule has 2 atom stereocenters. The van der Waals surface area contributed by atoms with Gasteiger partial charge < -0.3 is 4.90 Å². The maximum Gasteiger partial charge on any atom is 0.230 e. The third-order valence-corrected chi connectivity index (χ3v) is 4.01. The summed E-state index contributed by atoms with van der Waals surface area (Å²) in [7, 11) is 0. The first-order valence-corrected chi connectivity index (χ1v) is 6.43. The van der Waals surface area contributed by atoms with Gasteiger partial charge in [-0.3, -0.25) is 4.79 Å². The Kier molecular flexibility index (Phi) is 3.23. The topological polar surface area (TPSA) is 20.3 Å². The van der Waals surface area contributed by atoms with Gasteiger partial charge in [-0.2, -0.15) is 0 Å². The summed E-state index contributed by atoms with van der Waals surface area (Å²) in [6, 6.07) is 6.22. The minimum Gasteiger partial charge on any atom is -0.311 e. The number of carbonyl (C=O) groups is 1. The van der Waals surface area contributed by atoms with Crippen molar-refractivity contribution >= 4 is 11.6 Å². The van der Waals surface area contributed by atoms with Crippen LogP contribution in [0.4, 0.5) is 5.69 Å². The Morgan fingerprint density at radius 1 is 1.29 bits per heavy atom. The molecule has 2 heteroatoms. The highest BCUT2D eigenvalue weighted by Crippen LogP contribution is 2.34. The molecule has 2 unspecified atom stereocenters. The zero-order valence-corrected chi connectivity index (χ0v) is 11.2. The van der Waals surface area contributed by atoms with E-state index in [0.717, 1.165) is 18.7 Å². The van der Waals surface area contributed by atoms with Crippen molar-refractivity contribution in [3.05, 3.63) is 29.3 Å². The standard InChI is InChI=1S/C15H21NO/c1-5-13-9-16(15(17)12(13)4)14-10(2)7-6-8-11(14)3/h6-8,12-13H,5,9H2,1-4H3. The van der Waals surface area contributed by atoms with Gasteiger partial charge in [-0.15, -0.1) is 0 Å². The highest BCUT2D eigenvalue weighted by atomic mass is 16.2. The number of nitrogens with zero attached hydrogens (tertiary/aromatic N) is 1. The summed E-state index contributed by atoms with van der Waals surface area (Å²) in [6.07, 6.45) is 1.08. The first-order valence-electron chi connectivity index (χ1n) is 6.43. The van der Waals surface area contributed by atoms with Gasteiger partial charge in [0.15, 0.2) is 0 Å². The number of rotatable bonds is 2. The van der Waals surface area contributed by atoms with Crippen molar-refractivity contribution in [2.75, 3.05) is 11.4 Å². The Hall–Kier alpha value is -1.31. The van der Waals surface area contributed by atoms with E-state index in [2.05, 4.69) is 45.9 Å². The first-order chi connectivity index (χ1) is 8.06. The molecule has 92 valence electrons. The summed E-state index contributed by atoms with van der Waals surface area (Å²) >= 11 is 0. The van der Waals surface area contributed by atoms with Gasteiger partial charge in [-0.05, 0) is 30.9 Å². The molecule has 2 nitrogen and oxygen atoms in total. The summed E-state index contributed by atoms with van der Waals surface area (Å²) in [6.45, 7) is 9.27. The lowest BCUT2D eigenvalue weighted by Crippen LogP contribution is -2.27. The molecule has 17 heavy (non-hydrogen) atoms. The Bertz CT molecular complexity index is 418. The summed E-state index contributed by atoms with van der Waals surface area (Å²) in [5.74, 6) is 0.953. The van der Waals surface area contributed by atoms with Gasteiger partial charge in [-0.25, -0.2) is 0 Å². The third-order valence-electron chi connectivity index (χ3n) is 4.01. The molecule has 0 aliphatic carbocycles. The number of hydrogen-bond donors (Lipinski definition) is 0. The van der Waals surface area contributed by atoms with Gasteiger partial charge in [0.05, 0.1) is 0 Å². The lowest BCUT2D eigenvalue weighted by molar-refractivity contribution is -0.120. The van der Waals surface area contributed by atoms with E-state index in [9.17, 15) is 4.79 Å².